The number of nitrogen functional groups attached to an aromatic ring is 1. The lowest BCUT2D eigenvalue weighted by atomic mass is 10.0. The summed E-state index contributed by atoms with van der Waals surface area (Å²) < 4.78 is 0. The third-order valence-electron chi connectivity index (χ3n) is 1.80. The Morgan fingerprint density at radius 1 is 1.54 bits per heavy atom. The molecule has 0 unspecified atom stereocenters. The molecule has 3 nitrogen and oxygen atoms in total. The number of hydrogen-bond donors (Lipinski definition) is 1. The van der Waals surface area contributed by atoms with Gasteiger partial charge in [0.1, 0.15) is 6.07 Å². The van der Waals surface area contributed by atoms with E-state index in [0.29, 0.717) is 11.3 Å². The first-order valence-corrected chi connectivity index (χ1v) is 3.87. The quantitative estimate of drug-likeness (QED) is 0.520. The predicted molar refractivity (Wildman–Crippen MR) is 50.3 cm³/mol. The van der Waals surface area contributed by atoms with Crippen LogP contribution in [0.5, 0.6) is 0 Å². The van der Waals surface area contributed by atoms with Crippen molar-refractivity contribution in [2.75, 3.05) is 5.73 Å². The minimum Gasteiger partial charge on any atom is -0.398 e. The molecule has 3 heteroatoms. The van der Waals surface area contributed by atoms with E-state index in [0.717, 1.165) is 5.56 Å². The van der Waals surface area contributed by atoms with Crippen molar-refractivity contribution in [3.05, 3.63) is 28.8 Å². The standard InChI is InChI=1S/C10H10N2O/c1-6-3-8(7(2)13)9(5-11)10(12)4-6/h3-4H,12H2,1-2H3. The van der Waals surface area contributed by atoms with E-state index in [1.807, 2.05) is 13.0 Å². The fourth-order valence-corrected chi connectivity index (χ4v) is 1.22. The minimum atomic E-state index is -0.132. The largest absolute Gasteiger partial charge is 0.398 e. The van der Waals surface area contributed by atoms with E-state index in [1.54, 1.807) is 12.1 Å². The van der Waals surface area contributed by atoms with E-state index in [-0.39, 0.29) is 11.3 Å². The molecule has 0 aliphatic carbocycles. The molecule has 0 heterocycles. The van der Waals surface area contributed by atoms with E-state index in [9.17, 15) is 4.79 Å². The van der Waals surface area contributed by atoms with Crippen LogP contribution in [0.15, 0.2) is 12.1 Å². The molecule has 66 valence electrons. The summed E-state index contributed by atoms with van der Waals surface area (Å²) >= 11 is 0. The van der Waals surface area contributed by atoms with Crippen LogP contribution < -0.4 is 5.73 Å². The SMILES string of the molecule is CC(=O)c1cc(C)cc(N)c1C#N. The molecular formula is C10H10N2O. The van der Waals surface area contributed by atoms with Gasteiger partial charge in [-0.3, -0.25) is 4.79 Å². The van der Waals surface area contributed by atoms with Crippen LogP contribution in [0.2, 0.25) is 0 Å². The second kappa shape index (κ2) is 3.28. The van der Waals surface area contributed by atoms with Crippen molar-refractivity contribution in [3.8, 4) is 6.07 Å². The Hall–Kier alpha value is -1.82. The first-order chi connectivity index (χ1) is 6.06. The smallest absolute Gasteiger partial charge is 0.161 e. The summed E-state index contributed by atoms with van der Waals surface area (Å²) in [5.41, 5.74) is 7.53. The van der Waals surface area contributed by atoms with E-state index in [1.165, 1.54) is 6.92 Å². The maximum atomic E-state index is 11.1. The Balaban J connectivity index is 3.50. The average molecular weight is 174 g/mol. The maximum absolute atomic E-state index is 11.1. The monoisotopic (exact) mass is 174 g/mol. The second-order valence-electron chi connectivity index (χ2n) is 2.94. The number of benzene rings is 1. The molecule has 0 bridgehead atoms. The number of aryl methyl sites for hydroxylation is 1. The summed E-state index contributed by atoms with van der Waals surface area (Å²) in [5, 5.41) is 8.76. The lowest BCUT2D eigenvalue weighted by molar-refractivity contribution is 0.101. The van der Waals surface area contributed by atoms with Crippen molar-refractivity contribution in [2.45, 2.75) is 13.8 Å². The Morgan fingerprint density at radius 3 is 2.62 bits per heavy atom. The lowest BCUT2D eigenvalue weighted by Crippen LogP contribution is -2.01. The van der Waals surface area contributed by atoms with Gasteiger partial charge in [-0.15, -0.1) is 0 Å². The first-order valence-electron chi connectivity index (χ1n) is 3.87. The van der Waals surface area contributed by atoms with Crippen molar-refractivity contribution in [1.82, 2.24) is 0 Å². The molecule has 0 aliphatic heterocycles. The number of hydrogen-bond acceptors (Lipinski definition) is 3. The third kappa shape index (κ3) is 1.67. The Morgan fingerprint density at radius 2 is 2.15 bits per heavy atom. The Labute approximate surface area is 76.8 Å². The summed E-state index contributed by atoms with van der Waals surface area (Å²) in [5.74, 6) is -0.132. The van der Waals surface area contributed by atoms with Gasteiger partial charge in [-0.2, -0.15) is 5.26 Å². The fourth-order valence-electron chi connectivity index (χ4n) is 1.22. The van der Waals surface area contributed by atoms with Gasteiger partial charge in [0, 0.05) is 5.56 Å². The molecule has 13 heavy (non-hydrogen) atoms. The molecule has 1 aromatic rings. The Bertz CT molecular complexity index is 402. The van der Waals surface area contributed by atoms with Gasteiger partial charge in [-0.25, -0.2) is 0 Å². The van der Waals surface area contributed by atoms with Gasteiger partial charge in [0.15, 0.2) is 5.78 Å². The summed E-state index contributed by atoms with van der Waals surface area (Å²) in [6.07, 6.45) is 0. The molecule has 0 atom stereocenters. The molecule has 1 rings (SSSR count). The van der Waals surface area contributed by atoms with Gasteiger partial charge in [0.05, 0.1) is 11.3 Å². The molecule has 0 aliphatic rings. The number of Topliss-reactive ketones (excluding diaryl/α,β-unsaturated/α-hetero) is 1. The molecule has 2 N–H and O–H groups in total. The summed E-state index contributed by atoms with van der Waals surface area (Å²) in [4.78, 5) is 11.1. The van der Waals surface area contributed by atoms with Crippen LogP contribution in [0, 0.1) is 18.3 Å². The number of nitrogens with two attached hydrogens (primary N) is 1. The van der Waals surface area contributed by atoms with Crippen LogP contribution in [-0.4, -0.2) is 5.78 Å². The lowest BCUT2D eigenvalue weighted by Gasteiger charge is -2.04. The van der Waals surface area contributed by atoms with Gasteiger partial charge in [-0.05, 0) is 31.5 Å². The number of nitrogens with zero attached hydrogens (tertiary/aromatic N) is 1. The topological polar surface area (TPSA) is 66.9 Å². The zero-order valence-electron chi connectivity index (χ0n) is 7.59. The zero-order valence-corrected chi connectivity index (χ0v) is 7.59. The number of carbonyl (C=O) groups is 1. The van der Waals surface area contributed by atoms with Gasteiger partial charge in [0.25, 0.3) is 0 Å². The van der Waals surface area contributed by atoms with Crippen LogP contribution in [0.3, 0.4) is 0 Å². The van der Waals surface area contributed by atoms with Crippen LogP contribution >= 0.6 is 0 Å². The Kier molecular flexibility index (Phi) is 2.34. The van der Waals surface area contributed by atoms with Crippen LogP contribution in [0.1, 0.15) is 28.4 Å². The van der Waals surface area contributed by atoms with E-state index in [2.05, 4.69) is 0 Å². The molecule has 1 aromatic carbocycles. The predicted octanol–water partition coefficient (Wildman–Crippen LogP) is 1.65. The van der Waals surface area contributed by atoms with Crippen molar-refractivity contribution < 1.29 is 4.79 Å². The summed E-state index contributed by atoms with van der Waals surface area (Å²) in [7, 11) is 0. The van der Waals surface area contributed by atoms with Gasteiger partial charge in [0.2, 0.25) is 0 Å². The second-order valence-corrected chi connectivity index (χ2v) is 2.94. The molecule has 0 saturated heterocycles. The number of rotatable bonds is 1. The molecule has 0 saturated carbocycles. The first kappa shape index (κ1) is 9.27. The van der Waals surface area contributed by atoms with Crippen LogP contribution in [0.25, 0.3) is 0 Å². The molecule has 0 fully saturated rings. The van der Waals surface area contributed by atoms with Gasteiger partial charge < -0.3 is 5.73 Å². The van der Waals surface area contributed by atoms with Crippen LogP contribution in [0.4, 0.5) is 5.69 Å². The normalized spacial score (nSPS) is 9.31. The van der Waals surface area contributed by atoms with E-state index < -0.39 is 0 Å². The zero-order chi connectivity index (χ0) is 10.0. The fraction of sp³-hybridized carbons (Fsp3) is 0.200. The van der Waals surface area contributed by atoms with Crippen molar-refractivity contribution in [1.29, 1.82) is 5.26 Å². The minimum absolute atomic E-state index is 0.132. The van der Waals surface area contributed by atoms with Crippen LogP contribution in [-0.2, 0) is 0 Å². The summed E-state index contributed by atoms with van der Waals surface area (Å²) in [6, 6.07) is 5.29. The van der Waals surface area contributed by atoms with Crippen molar-refractivity contribution >= 4 is 11.5 Å². The molecule has 0 aromatic heterocycles. The van der Waals surface area contributed by atoms with Crippen molar-refractivity contribution in [3.63, 3.8) is 0 Å². The number of carbonyl (C=O) groups excluding carboxylic acids is 1. The highest BCUT2D eigenvalue weighted by molar-refractivity contribution is 5.98. The summed E-state index contributed by atoms with van der Waals surface area (Å²) in [6.45, 7) is 3.26. The molecule has 0 radical (unpaired) electrons. The van der Waals surface area contributed by atoms with E-state index >= 15 is 0 Å². The van der Waals surface area contributed by atoms with Gasteiger partial charge in [-0.1, -0.05) is 0 Å². The average Bonchev–Trinajstić information content (AvgIpc) is 2.02. The third-order valence-corrected chi connectivity index (χ3v) is 1.80. The number of nitriles is 1. The highest BCUT2D eigenvalue weighted by atomic mass is 16.1. The maximum Gasteiger partial charge on any atom is 0.161 e. The highest BCUT2D eigenvalue weighted by Crippen LogP contribution is 2.19. The van der Waals surface area contributed by atoms with Gasteiger partial charge >= 0.3 is 0 Å². The number of ketones is 1. The van der Waals surface area contributed by atoms with Crippen molar-refractivity contribution in [2.24, 2.45) is 0 Å². The number of anilines is 1. The van der Waals surface area contributed by atoms with E-state index in [4.69, 9.17) is 11.0 Å². The molecule has 0 spiro atoms. The molecular weight excluding hydrogens is 164 g/mol. The molecule has 0 amide bonds. The highest BCUT2D eigenvalue weighted by Gasteiger charge is 2.10.